The highest BCUT2D eigenvalue weighted by Crippen LogP contribution is 2.49. The Kier molecular flexibility index (Phi) is 6.64. The molecule has 1 aromatic heterocycles. The summed E-state index contributed by atoms with van der Waals surface area (Å²) in [4.78, 5) is 15.6. The number of carbonyl (C=O) groups is 1. The summed E-state index contributed by atoms with van der Waals surface area (Å²) in [5.41, 5.74) is 1.95. The molecule has 3 aliphatic rings. The third kappa shape index (κ3) is 4.35. The monoisotopic (exact) mass is 468 g/mol. The van der Waals surface area contributed by atoms with Gasteiger partial charge in [0.15, 0.2) is 5.76 Å². The number of furan rings is 1. The number of hydrogen-bond donors (Lipinski definition) is 2. The highest BCUT2D eigenvalue weighted by atomic mass is 16.5. The van der Waals surface area contributed by atoms with Crippen LogP contribution in [0.3, 0.4) is 0 Å². The molecule has 34 heavy (non-hydrogen) atoms. The minimum Gasteiger partial charge on any atom is -0.487 e. The fourth-order valence-electron chi connectivity index (χ4n) is 6.68. The summed E-state index contributed by atoms with van der Waals surface area (Å²) in [7, 11) is 0. The molecule has 1 saturated carbocycles. The predicted octanol–water partition coefficient (Wildman–Crippen LogP) is 5.64. The second kappa shape index (κ2) is 9.54. The molecule has 0 unspecified atom stereocenters. The van der Waals surface area contributed by atoms with E-state index in [1.165, 1.54) is 25.7 Å². The van der Waals surface area contributed by atoms with E-state index in [-0.39, 0.29) is 11.5 Å². The van der Waals surface area contributed by atoms with Gasteiger partial charge in [-0.25, -0.2) is 0 Å². The fourth-order valence-corrected chi connectivity index (χ4v) is 6.68. The lowest BCUT2D eigenvalue weighted by Gasteiger charge is -2.43. The van der Waals surface area contributed by atoms with Crippen molar-refractivity contribution in [3.8, 4) is 5.75 Å². The molecule has 0 radical (unpaired) electrons. The van der Waals surface area contributed by atoms with Gasteiger partial charge in [-0.3, -0.25) is 9.69 Å². The summed E-state index contributed by atoms with van der Waals surface area (Å²) < 4.78 is 12.5. The van der Waals surface area contributed by atoms with Crippen molar-refractivity contribution in [2.45, 2.75) is 109 Å². The molecule has 186 valence electrons. The summed E-state index contributed by atoms with van der Waals surface area (Å²) in [6, 6.07) is 5.02. The number of nitrogens with one attached hydrogen (secondary N) is 1. The van der Waals surface area contributed by atoms with Gasteiger partial charge >= 0.3 is 0 Å². The predicted molar refractivity (Wildman–Crippen MR) is 133 cm³/mol. The molecular weight excluding hydrogens is 428 g/mol. The van der Waals surface area contributed by atoms with Crippen LogP contribution in [-0.2, 0) is 0 Å². The van der Waals surface area contributed by atoms with Crippen molar-refractivity contribution in [1.29, 1.82) is 0 Å². The van der Waals surface area contributed by atoms with Gasteiger partial charge in [0, 0.05) is 48.1 Å². The van der Waals surface area contributed by atoms with E-state index in [9.17, 15) is 9.90 Å². The van der Waals surface area contributed by atoms with Crippen molar-refractivity contribution >= 4 is 16.9 Å². The van der Waals surface area contributed by atoms with E-state index in [4.69, 9.17) is 9.15 Å². The molecule has 1 amide bonds. The third-order valence-corrected chi connectivity index (χ3v) is 8.55. The van der Waals surface area contributed by atoms with E-state index in [0.29, 0.717) is 36.4 Å². The molecule has 1 aliphatic carbocycles. The highest BCUT2D eigenvalue weighted by molar-refractivity contribution is 6.00. The van der Waals surface area contributed by atoms with E-state index in [2.05, 4.69) is 24.1 Å². The average molecular weight is 469 g/mol. The molecular formula is C28H40N2O4. The number of aryl methyl sites for hydroxylation is 1. The smallest absolute Gasteiger partial charge is 0.287 e. The zero-order valence-electron chi connectivity index (χ0n) is 21.0. The molecule has 1 aromatic carbocycles. The number of amides is 1. The maximum Gasteiger partial charge on any atom is 0.287 e. The van der Waals surface area contributed by atoms with Gasteiger partial charge in [0.2, 0.25) is 0 Å². The summed E-state index contributed by atoms with van der Waals surface area (Å²) >= 11 is 0. The number of nitrogens with zero attached hydrogens (tertiary/aromatic N) is 1. The Hall–Kier alpha value is -2.05. The molecule has 2 aromatic rings. The Morgan fingerprint density at radius 3 is 2.62 bits per heavy atom. The van der Waals surface area contributed by atoms with Crippen LogP contribution >= 0.6 is 0 Å². The van der Waals surface area contributed by atoms with Crippen LogP contribution in [0.15, 0.2) is 16.5 Å². The molecule has 6 nitrogen and oxygen atoms in total. The van der Waals surface area contributed by atoms with Crippen molar-refractivity contribution < 1.29 is 19.1 Å². The molecule has 2 N–H and O–H groups in total. The van der Waals surface area contributed by atoms with Crippen LogP contribution in [0.1, 0.15) is 106 Å². The minimum absolute atomic E-state index is 0.183. The van der Waals surface area contributed by atoms with Crippen LogP contribution in [0.4, 0.5) is 0 Å². The van der Waals surface area contributed by atoms with Crippen LogP contribution in [-0.4, -0.2) is 46.7 Å². The number of hydrogen-bond acceptors (Lipinski definition) is 5. The van der Waals surface area contributed by atoms with E-state index >= 15 is 0 Å². The quantitative estimate of drug-likeness (QED) is 0.555. The summed E-state index contributed by atoms with van der Waals surface area (Å²) in [6.45, 7) is 8.15. The maximum atomic E-state index is 13.0. The number of fused-ring (bicyclic) bond motifs is 3. The molecule has 3 heterocycles. The van der Waals surface area contributed by atoms with Gasteiger partial charge in [0.25, 0.3) is 5.91 Å². The second-order valence-corrected chi connectivity index (χ2v) is 10.9. The van der Waals surface area contributed by atoms with Gasteiger partial charge in [-0.15, -0.1) is 0 Å². The number of piperidine rings is 1. The molecule has 2 aliphatic heterocycles. The van der Waals surface area contributed by atoms with Crippen LogP contribution in [0.5, 0.6) is 5.75 Å². The third-order valence-electron chi connectivity index (χ3n) is 8.55. The topological polar surface area (TPSA) is 74.9 Å². The summed E-state index contributed by atoms with van der Waals surface area (Å²) in [5, 5.41) is 15.0. The van der Waals surface area contributed by atoms with E-state index < -0.39 is 6.10 Å². The Bertz CT molecular complexity index is 1030. The molecule has 1 spiro atoms. The van der Waals surface area contributed by atoms with Gasteiger partial charge < -0.3 is 19.6 Å². The second-order valence-electron chi connectivity index (χ2n) is 10.9. The van der Waals surface area contributed by atoms with Crippen molar-refractivity contribution in [2.24, 2.45) is 0 Å². The normalized spacial score (nSPS) is 26.9. The number of aliphatic hydroxyl groups excluding tert-OH is 1. The number of aliphatic hydroxyl groups is 1. The fraction of sp³-hybridized carbons (Fsp3) is 0.679. The lowest BCUT2D eigenvalue weighted by atomic mass is 9.77. The van der Waals surface area contributed by atoms with E-state index in [1.54, 1.807) is 0 Å². The molecule has 5 rings (SSSR count). The zero-order valence-corrected chi connectivity index (χ0v) is 21.0. The largest absolute Gasteiger partial charge is 0.487 e. The maximum absolute atomic E-state index is 13.0. The first-order valence-electron chi connectivity index (χ1n) is 13.4. The van der Waals surface area contributed by atoms with Crippen molar-refractivity contribution in [3.05, 3.63) is 29.0 Å². The van der Waals surface area contributed by atoms with Crippen LogP contribution in [0, 0.1) is 6.92 Å². The van der Waals surface area contributed by atoms with Gasteiger partial charge in [0.05, 0.1) is 6.10 Å². The number of ether oxygens (including phenoxy) is 1. The van der Waals surface area contributed by atoms with Gasteiger partial charge in [-0.1, -0.05) is 12.8 Å². The first kappa shape index (κ1) is 23.7. The number of rotatable bonds is 5. The van der Waals surface area contributed by atoms with Crippen molar-refractivity contribution in [2.75, 3.05) is 13.1 Å². The Labute approximate surface area is 203 Å². The number of likely N-dealkylation sites (tertiary alicyclic amines) is 1. The van der Waals surface area contributed by atoms with E-state index in [1.807, 2.05) is 19.1 Å². The summed E-state index contributed by atoms with van der Waals surface area (Å²) in [5.74, 6) is 0.902. The van der Waals surface area contributed by atoms with Crippen molar-refractivity contribution in [3.63, 3.8) is 0 Å². The lowest BCUT2D eigenvalue weighted by molar-refractivity contribution is -0.0373. The van der Waals surface area contributed by atoms with Gasteiger partial charge in [-0.05, 0) is 77.8 Å². The zero-order chi connectivity index (χ0) is 23.9. The average Bonchev–Trinajstić information content (AvgIpc) is 3.15. The standard InChI is InChI=1S/C28H40N2O4/c1-18-9-7-10-19(2)30(18)16-8-15-29-27(32)26-20(3)24-22(33-26)11-12-23-25(24)21(31)17-28(34-23)13-5-4-6-14-28/h11-12,18-19,21,31H,4-10,13-17H2,1-3H3,(H,29,32)/t18-,19-,21+/m1/s1. The van der Waals surface area contributed by atoms with Crippen LogP contribution in [0.25, 0.3) is 11.0 Å². The van der Waals surface area contributed by atoms with Gasteiger partial charge in [0.1, 0.15) is 16.9 Å². The highest BCUT2D eigenvalue weighted by Gasteiger charge is 2.42. The molecule has 6 heteroatoms. The molecule has 3 atom stereocenters. The first-order valence-corrected chi connectivity index (χ1v) is 13.4. The Morgan fingerprint density at radius 2 is 1.88 bits per heavy atom. The van der Waals surface area contributed by atoms with E-state index in [0.717, 1.165) is 60.9 Å². The number of benzene rings is 1. The van der Waals surface area contributed by atoms with Crippen LogP contribution < -0.4 is 10.1 Å². The molecule has 1 saturated heterocycles. The van der Waals surface area contributed by atoms with Crippen LogP contribution in [0.2, 0.25) is 0 Å². The van der Waals surface area contributed by atoms with Crippen molar-refractivity contribution in [1.82, 2.24) is 10.2 Å². The first-order chi connectivity index (χ1) is 16.4. The molecule has 2 fully saturated rings. The SMILES string of the molecule is Cc1c(C(=O)NCCCN2[C@H](C)CCC[C@H]2C)oc2ccc3c(c12)[C@@H](O)CC1(CCCCC1)O3. The molecule has 0 bridgehead atoms. The van der Waals surface area contributed by atoms with Gasteiger partial charge in [-0.2, -0.15) is 0 Å². The Balaban J connectivity index is 1.29. The lowest BCUT2D eigenvalue weighted by Crippen LogP contribution is -2.44. The summed E-state index contributed by atoms with van der Waals surface area (Å²) in [6.07, 6.45) is 10.3. The minimum atomic E-state index is -0.605. The Morgan fingerprint density at radius 1 is 1.15 bits per heavy atom. The number of carbonyl (C=O) groups excluding carboxylic acids is 1.